The Bertz CT molecular complexity index is 1150. The van der Waals surface area contributed by atoms with Crippen LogP contribution < -0.4 is 0 Å². The molecule has 3 N–H and O–H groups in total. The van der Waals surface area contributed by atoms with Gasteiger partial charge in [0.1, 0.15) is 5.84 Å². The van der Waals surface area contributed by atoms with E-state index < -0.39 is 5.79 Å². The van der Waals surface area contributed by atoms with Crippen molar-refractivity contribution >= 4 is 35.3 Å². The fourth-order valence-corrected chi connectivity index (χ4v) is 5.74. The van der Waals surface area contributed by atoms with E-state index in [0.29, 0.717) is 58.0 Å². The summed E-state index contributed by atoms with van der Waals surface area (Å²) in [5, 5.41) is 20.9. The number of piperidine rings is 1. The summed E-state index contributed by atoms with van der Waals surface area (Å²) in [6.45, 7) is 14.1. The lowest BCUT2D eigenvalue weighted by Gasteiger charge is -2.38. The van der Waals surface area contributed by atoms with Crippen LogP contribution in [0, 0.1) is 12.3 Å². The molecule has 0 spiro atoms. The molecule has 0 unspecified atom stereocenters. The molecule has 220 valence electrons. The van der Waals surface area contributed by atoms with E-state index in [-0.39, 0.29) is 5.91 Å². The van der Waals surface area contributed by atoms with Gasteiger partial charge in [0, 0.05) is 68.5 Å². The molecule has 0 bridgehead atoms. The summed E-state index contributed by atoms with van der Waals surface area (Å²) in [5.41, 5.74) is 4.42. The first-order valence-electron chi connectivity index (χ1n) is 14.0. The lowest BCUT2D eigenvalue weighted by Crippen LogP contribution is -2.48. The number of piperazine rings is 1. The average molecular weight is 590 g/mol. The summed E-state index contributed by atoms with van der Waals surface area (Å²) < 4.78 is 7.59. The largest absolute Gasteiger partial charge is 0.365 e. The Kier molecular flexibility index (Phi) is 12.1. The van der Waals surface area contributed by atoms with Crippen molar-refractivity contribution in [2.24, 2.45) is 0 Å². The van der Waals surface area contributed by atoms with Crippen molar-refractivity contribution in [3.8, 4) is 0 Å². The zero-order valence-electron chi connectivity index (χ0n) is 24.4. The van der Waals surface area contributed by atoms with Gasteiger partial charge in [0.2, 0.25) is 5.91 Å². The van der Waals surface area contributed by atoms with E-state index >= 15 is 0 Å². The van der Waals surface area contributed by atoms with E-state index in [2.05, 4.69) is 29.2 Å². The maximum atomic E-state index is 12.8. The van der Waals surface area contributed by atoms with Crippen LogP contribution in [0.5, 0.6) is 0 Å². The second-order valence-corrected chi connectivity index (χ2v) is 11.9. The van der Waals surface area contributed by atoms with E-state index in [1.807, 2.05) is 60.9 Å². The number of aryl methyl sites for hydroxylation is 2. The number of amides is 1. The fourth-order valence-electron chi connectivity index (χ4n) is 4.72. The zero-order valence-corrected chi connectivity index (χ0v) is 26.0. The molecule has 10 heteroatoms. The number of hydrogen-bond donors (Lipinski definition) is 3. The van der Waals surface area contributed by atoms with Crippen molar-refractivity contribution in [2.45, 2.75) is 71.2 Å². The van der Waals surface area contributed by atoms with E-state index in [1.54, 1.807) is 11.9 Å². The maximum absolute atomic E-state index is 12.8. The van der Waals surface area contributed by atoms with Crippen molar-refractivity contribution in [2.75, 3.05) is 39.3 Å². The molecule has 0 saturated carbocycles. The van der Waals surface area contributed by atoms with Gasteiger partial charge < -0.3 is 24.6 Å². The van der Waals surface area contributed by atoms with Gasteiger partial charge in [-0.2, -0.15) is 0 Å². The number of halogens is 1. The van der Waals surface area contributed by atoms with Gasteiger partial charge in [0.05, 0.1) is 11.6 Å². The minimum absolute atomic E-state index is 0.134. The number of likely N-dealkylation sites (tertiary alicyclic amines) is 1. The summed E-state index contributed by atoms with van der Waals surface area (Å²) >= 11 is 6.95. The van der Waals surface area contributed by atoms with Gasteiger partial charge in [0.15, 0.2) is 5.79 Å². The number of nitrogens with zero attached hydrogens (tertiary/aromatic N) is 3. The molecule has 2 aromatic rings. The molecule has 2 aliphatic rings. The van der Waals surface area contributed by atoms with Crippen molar-refractivity contribution in [3.05, 3.63) is 63.8 Å². The number of amidine groups is 1. The van der Waals surface area contributed by atoms with Gasteiger partial charge in [-0.3, -0.25) is 10.2 Å². The second-order valence-electron chi connectivity index (χ2n) is 10.2. The minimum Gasteiger partial charge on any atom is -0.365 e. The Labute approximate surface area is 248 Å². The first kappa shape index (κ1) is 32.2. The lowest BCUT2D eigenvalue weighted by molar-refractivity contribution is -0.220. The lowest BCUT2D eigenvalue weighted by atomic mass is 10.0. The highest BCUT2D eigenvalue weighted by Crippen LogP contribution is 2.27. The van der Waals surface area contributed by atoms with Gasteiger partial charge in [-0.05, 0) is 63.3 Å². The van der Waals surface area contributed by atoms with Crippen molar-refractivity contribution < 1.29 is 14.6 Å². The number of aromatic amines is 1. The summed E-state index contributed by atoms with van der Waals surface area (Å²) in [4.78, 5) is 20.1. The number of rotatable bonds is 8. The van der Waals surface area contributed by atoms with Crippen LogP contribution in [0.2, 0.25) is 0 Å². The number of carbonyl (C=O) groups excluding carboxylic acids is 1. The Morgan fingerprint density at radius 1 is 1.20 bits per heavy atom. The van der Waals surface area contributed by atoms with Gasteiger partial charge >= 0.3 is 0 Å². The normalized spacial score (nSPS) is 18.0. The number of hydrogen-bond acceptors (Lipinski definition) is 6. The highest BCUT2D eigenvalue weighted by molar-refractivity contribution is 7.97. The van der Waals surface area contributed by atoms with Gasteiger partial charge in [0.25, 0.3) is 0 Å². The Hall–Kier alpha value is -2.30. The Balaban J connectivity index is 0.000000810. The van der Waals surface area contributed by atoms with Crippen LogP contribution in [0.3, 0.4) is 0 Å². The molecule has 4 rings (SSSR count). The van der Waals surface area contributed by atoms with Gasteiger partial charge in [-0.1, -0.05) is 48.9 Å². The van der Waals surface area contributed by atoms with Crippen LogP contribution in [-0.2, 0) is 22.5 Å². The van der Waals surface area contributed by atoms with Crippen LogP contribution in [0.4, 0.5) is 0 Å². The number of H-pyrrole nitrogens is 1. The van der Waals surface area contributed by atoms with Crippen LogP contribution in [0.1, 0.15) is 62.9 Å². The standard InChI is InChI=1S/C26H37N5O3S.C4H7Cl/c1-4-22-19(3)16-23(28-22)35-31-15-14-30(24(32)18-31)17-20-6-8-21(9-7-20)25(27)29-12-10-26(33,11-13-29)34-5-2;1-3-4(2)5/h6-9,16,27-28,33H,4-5,10-15,17-18H2,1-3H3;3H,1-2H3/b;4-3+. The van der Waals surface area contributed by atoms with Crippen LogP contribution in [0.15, 0.2) is 46.5 Å². The third-order valence-corrected chi connectivity index (χ3v) is 8.44. The van der Waals surface area contributed by atoms with Crippen molar-refractivity contribution in [1.29, 1.82) is 5.41 Å². The number of carbonyl (C=O) groups is 1. The highest BCUT2D eigenvalue weighted by Gasteiger charge is 2.33. The van der Waals surface area contributed by atoms with Crippen molar-refractivity contribution in [3.63, 3.8) is 0 Å². The molecule has 8 nitrogen and oxygen atoms in total. The number of aliphatic hydroxyl groups is 1. The van der Waals surface area contributed by atoms with E-state index in [1.165, 1.54) is 11.3 Å². The first-order valence-corrected chi connectivity index (χ1v) is 15.2. The molecular weight excluding hydrogens is 546 g/mol. The first-order chi connectivity index (χ1) is 19.1. The fraction of sp³-hybridized carbons (Fsp3) is 0.533. The summed E-state index contributed by atoms with van der Waals surface area (Å²) in [7, 11) is 0. The van der Waals surface area contributed by atoms with Crippen LogP contribution >= 0.6 is 23.5 Å². The summed E-state index contributed by atoms with van der Waals surface area (Å²) in [6.07, 6.45) is 3.82. The summed E-state index contributed by atoms with van der Waals surface area (Å²) in [5.74, 6) is -0.471. The molecule has 1 aromatic heterocycles. The zero-order chi connectivity index (χ0) is 29.3. The Morgan fingerprint density at radius 2 is 1.85 bits per heavy atom. The number of allylic oxidation sites excluding steroid dienone is 2. The third kappa shape index (κ3) is 9.11. The molecule has 0 atom stereocenters. The third-order valence-electron chi connectivity index (χ3n) is 7.23. The maximum Gasteiger partial charge on any atom is 0.238 e. The van der Waals surface area contributed by atoms with E-state index in [4.69, 9.17) is 21.7 Å². The molecule has 3 heterocycles. The highest BCUT2D eigenvalue weighted by atomic mass is 35.5. The predicted octanol–water partition coefficient (Wildman–Crippen LogP) is 5.53. The molecule has 2 fully saturated rings. The molecule has 1 aromatic carbocycles. The average Bonchev–Trinajstić information content (AvgIpc) is 3.29. The van der Waals surface area contributed by atoms with Gasteiger partial charge in [-0.25, -0.2) is 4.31 Å². The number of ether oxygens (including phenoxy) is 1. The Morgan fingerprint density at radius 3 is 2.38 bits per heavy atom. The van der Waals surface area contributed by atoms with Gasteiger partial charge in [-0.15, -0.1) is 0 Å². The molecule has 2 saturated heterocycles. The minimum atomic E-state index is -1.07. The molecular formula is C30H44ClN5O3S. The predicted molar refractivity (Wildman–Crippen MR) is 164 cm³/mol. The SMILES string of the molecule is C/C=C(\C)Cl.CCOC1(O)CCN(C(=N)c2ccc(CN3CCN(Sc4cc(C)c(CC)[nH]4)CC3=O)cc2)CC1. The molecule has 40 heavy (non-hydrogen) atoms. The molecule has 2 aliphatic heterocycles. The number of nitrogens with one attached hydrogen (secondary N) is 2. The van der Waals surface area contributed by atoms with Crippen molar-refractivity contribution in [1.82, 2.24) is 19.1 Å². The van der Waals surface area contributed by atoms with E-state index in [9.17, 15) is 9.90 Å². The number of aromatic nitrogens is 1. The quantitative estimate of drug-likeness (QED) is 0.162. The summed E-state index contributed by atoms with van der Waals surface area (Å²) in [6, 6.07) is 10.1. The molecule has 1 amide bonds. The monoisotopic (exact) mass is 589 g/mol. The van der Waals surface area contributed by atoms with E-state index in [0.717, 1.165) is 34.2 Å². The number of benzene rings is 1. The molecule has 0 aliphatic carbocycles. The topological polar surface area (TPSA) is 95.9 Å². The smallest absolute Gasteiger partial charge is 0.238 e. The van der Waals surface area contributed by atoms with Crippen LogP contribution in [-0.4, -0.2) is 81.1 Å². The second kappa shape index (κ2) is 15.1. The molecule has 0 radical (unpaired) electrons. The van der Waals surface area contributed by atoms with Crippen LogP contribution in [0.25, 0.3) is 0 Å².